The van der Waals surface area contributed by atoms with Gasteiger partial charge in [-0.1, -0.05) is 30.8 Å². The third kappa shape index (κ3) is 3.86. The summed E-state index contributed by atoms with van der Waals surface area (Å²) in [6, 6.07) is 9.22. The Balaban J connectivity index is 1.63. The first-order valence-corrected chi connectivity index (χ1v) is 9.58. The second-order valence-corrected chi connectivity index (χ2v) is 7.40. The van der Waals surface area contributed by atoms with Crippen molar-refractivity contribution in [1.82, 2.24) is 4.90 Å². The number of hydrogen-bond acceptors (Lipinski definition) is 4. The molecule has 0 bridgehead atoms. The summed E-state index contributed by atoms with van der Waals surface area (Å²) < 4.78 is 5.45. The fraction of sp³-hybridized carbons (Fsp3) is 0.292. The van der Waals surface area contributed by atoms with Crippen LogP contribution in [0.25, 0.3) is 5.70 Å². The molecule has 1 amide bonds. The molecule has 29 heavy (non-hydrogen) atoms. The molecule has 0 spiro atoms. The number of benzene rings is 2. The predicted octanol–water partition coefficient (Wildman–Crippen LogP) is 4.37. The molecule has 5 heteroatoms. The largest absolute Gasteiger partial charge is 0.461 e. The zero-order chi connectivity index (χ0) is 21.3. The van der Waals surface area contributed by atoms with Gasteiger partial charge in [-0.2, -0.15) is 0 Å². The van der Waals surface area contributed by atoms with E-state index in [2.05, 4.69) is 6.58 Å². The summed E-state index contributed by atoms with van der Waals surface area (Å²) in [5.74, 6) is -0.543. The van der Waals surface area contributed by atoms with Crippen LogP contribution in [0.1, 0.15) is 61.9 Å². The molecule has 0 fully saturated rings. The maximum Gasteiger partial charge on any atom is 0.307 e. The molecule has 2 aromatic carbocycles. The van der Waals surface area contributed by atoms with E-state index in [1.54, 1.807) is 13.0 Å². The number of carbonyl (C=O) groups is 3. The average molecular weight is 391 g/mol. The van der Waals surface area contributed by atoms with Gasteiger partial charge in [-0.3, -0.25) is 14.4 Å². The van der Waals surface area contributed by atoms with E-state index in [1.165, 1.54) is 4.90 Å². The van der Waals surface area contributed by atoms with Gasteiger partial charge in [0, 0.05) is 28.9 Å². The van der Waals surface area contributed by atoms with E-state index in [1.807, 2.05) is 45.0 Å². The van der Waals surface area contributed by atoms with Crippen molar-refractivity contribution >= 4 is 23.4 Å². The van der Waals surface area contributed by atoms with E-state index in [0.29, 0.717) is 16.8 Å². The Morgan fingerprint density at radius 3 is 2.34 bits per heavy atom. The molecule has 0 unspecified atom stereocenters. The van der Waals surface area contributed by atoms with Crippen molar-refractivity contribution in [2.75, 3.05) is 6.54 Å². The Labute approximate surface area is 171 Å². The minimum atomic E-state index is -0.398. The van der Waals surface area contributed by atoms with Crippen LogP contribution in [0.15, 0.2) is 36.9 Å². The Kier molecular flexibility index (Phi) is 5.69. The van der Waals surface area contributed by atoms with E-state index in [-0.39, 0.29) is 31.3 Å². The van der Waals surface area contributed by atoms with Crippen LogP contribution in [0.3, 0.4) is 0 Å². The van der Waals surface area contributed by atoms with Crippen molar-refractivity contribution in [1.29, 1.82) is 0 Å². The number of fused-ring (bicyclic) bond motifs is 1. The molecule has 1 aliphatic rings. The molecule has 150 valence electrons. The Bertz CT molecular complexity index is 1000. The van der Waals surface area contributed by atoms with Crippen molar-refractivity contribution in [3.05, 3.63) is 75.9 Å². The molecule has 0 radical (unpaired) electrons. The summed E-state index contributed by atoms with van der Waals surface area (Å²) in [6.45, 7) is 11.6. The van der Waals surface area contributed by atoms with Crippen LogP contribution in [-0.2, 0) is 16.1 Å². The summed E-state index contributed by atoms with van der Waals surface area (Å²) in [4.78, 5) is 38.3. The highest BCUT2D eigenvalue weighted by atomic mass is 16.5. The topological polar surface area (TPSA) is 63.7 Å². The minimum Gasteiger partial charge on any atom is -0.461 e. The summed E-state index contributed by atoms with van der Waals surface area (Å²) in [6.07, 6.45) is 0.0717. The fourth-order valence-electron chi connectivity index (χ4n) is 3.99. The molecular formula is C24H25NO4. The Hall–Kier alpha value is -3.21. The maximum absolute atomic E-state index is 12.5. The molecule has 0 N–H and O–H groups in total. The number of amides is 1. The Morgan fingerprint density at radius 2 is 1.72 bits per heavy atom. The fourth-order valence-corrected chi connectivity index (χ4v) is 3.99. The number of ketones is 1. The van der Waals surface area contributed by atoms with Crippen molar-refractivity contribution in [3.63, 3.8) is 0 Å². The zero-order valence-corrected chi connectivity index (χ0v) is 17.3. The minimum absolute atomic E-state index is 0.00167. The number of nitrogens with zero attached hydrogens (tertiary/aromatic N) is 1. The lowest BCUT2D eigenvalue weighted by molar-refractivity contribution is -0.145. The first-order valence-electron chi connectivity index (χ1n) is 9.58. The lowest BCUT2D eigenvalue weighted by Crippen LogP contribution is -2.26. The van der Waals surface area contributed by atoms with Crippen LogP contribution in [0.2, 0.25) is 0 Å². The van der Waals surface area contributed by atoms with Crippen molar-refractivity contribution in [2.24, 2.45) is 0 Å². The molecule has 5 nitrogen and oxygen atoms in total. The number of ether oxygens (including phenoxy) is 1. The van der Waals surface area contributed by atoms with E-state index < -0.39 is 5.97 Å². The molecule has 0 saturated carbocycles. The molecular weight excluding hydrogens is 366 g/mol. The standard InChI is InChI=1S/C24H25NO4/c1-14-12-15(2)23(18(5)26)16(3)21(14)13-29-22(27)10-11-25-17(4)19-8-6-7-9-20(19)24(25)28/h6-9,12H,4,10-11,13H2,1-3,5H3. The molecule has 0 aromatic heterocycles. The number of esters is 1. The highest BCUT2D eigenvalue weighted by molar-refractivity contribution is 6.08. The van der Waals surface area contributed by atoms with Crippen LogP contribution in [0.4, 0.5) is 0 Å². The molecule has 0 atom stereocenters. The first kappa shape index (κ1) is 20.5. The van der Waals surface area contributed by atoms with Gasteiger partial charge in [-0.15, -0.1) is 0 Å². The average Bonchev–Trinajstić information content (AvgIpc) is 2.90. The molecule has 2 aromatic rings. The van der Waals surface area contributed by atoms with Gasteiger partial charge in [0.1, 0.15) is 6.61 Å². The number of Topliss-reactive ketones (excluding diaryl/α,β-unsaturated/α-hetero) is 1. The van der Waals surface area contributed by atoms with Crippen LogP contribution >= 0.6 is 0 Å². The first-order chi connectivity index (χ1) is 13.7. The van der Waals surface area contributed by atoms with Gasteiger partial charge in [0.05, 0.1) is 6.42 Å². The second-order valence-electron chi connectivity index (χ2n) is 7.40. The van der Waals surface area contributed by atoms with Crippen LogP contribution in [0.5, 0.6) is 0 Å². The van der Waals surface area contributed by atoms with Gasteiger partial charge in [0.15, 0.2) is 5.78 Å². The normalized spacial score (nSPS) is 12.9. The zero-order valence-electron chi connectivity index (χ0n) is 17.3. The molecule has 3 rings (SSSR count). The van der Waals surface area contributed by atoms with E-state index in [0.717, 1.165) is 27.8 Å². The number of carbonyl (C=O) groups excluding carboxylic acids is 3. The van der Waals surface area contributed by atoms with Gasteiger partial charge < -0.3 is 9.64 Å². The predicted molar refractivity (Wildman–Crippen MR) is 112 cm³/mol. The third-order valence-electron chi connectivity index (χ3n) is 5.44. The van der Waals surface area contributed by atoms with Gasteiger partial charge in [0.25, 0.3) is 5.91 Å². The quantitative estimate of drug-likeness (QED) is 0.542. The van der Waals surface area contributed by atoms with Gasteiger partial charge in [-0.25, -0.2) is 0 Å². The maximum atomic E-state index is 12.5. The van der Waals surface area contributed by atoms with Crippen LogP contribution in [0, 0.1) is 20.8 Å². The smallest absolute Gasteiger partial charge is 0.307 e. The molecule has 0 saturated heterocycles. The van der Waals surface area contributed by atoms with E-state index >= 15 is 0 Å². The van der Waals surface area contributed by atoms with Gasteiger partial charge >= 0.3 is 5.97 Å². The highest BCUT2D eigenvalue weighted by Crippen LogP contribution is 2.31. The monoisotopic (exact) mass is 391 g/mol. The lowest BCUT2D eigenvalue weighted by Gasteiger charge is -2.18. The molecule has 1 heterocycles. The van der Waals surface area contributed by atoms with E-state index in [4.69, 9.17) is 4.74 Å². The number of aryl methyl sites for hydroxylation is 2. The van der Waals surface area contributed by atoms with Crippen molar-refractivity contribution in [2.45, 2.75) is 40.7 Å². The number of rotatable bonds is 6. The highest BCUT2D eigenvalue weighted by Gasteiger charge is 2.30. The SMILES string of the molecule is C=C1c2ccccc2C(=O)N1CCC(=O)OCc1c(C)cc(C)c(C(C)=O)c1C. The van der Waals surface area contributed by atoms with Crippen molar-refractivity contribution < 1.29 is 19.1 Å². The second kappa shape index (κ2) is 8.03. The van der Waals surface area contributed by atoms with Crippen LogP contribution < -0.4 is 0 Å². The summed E-state index contributed by atoms with van der Waals surface area (Å²) in [7, 11) is 0. The lowest BCUT2D eigenvalue weighted by atomic mass is 9.92. The summed E-state index contributed by atoms with van der Waals surface area (Å²) in [5, 5.41) is 0. The third-order valence-corrected chi connectivity index (χ3v) is 5.44. The van der Waals surface area contributed by atoms with Crippen molar-refractivity contribution in [3.8, 4) is 0 Å². The van der Waals surface area contributed by atoms with E-state index in [9.17, 15) is 14.4 Å². The summed E-state index contributed by atoms with van der Waals surface area (Å²) >= 11 is 0. The van der Waals surface area contributed by atoms with Gasteiger partial charge in [-0.05, 0) is 56.0 Å². The Morgan fingerprint density at radius 1 is 1.07 bits per heavy atom. The molecule has 1 aliphatic heterocycles. The molecule has 0 aliphatic carbocycles. The van der Waals surface area contributed by atoms with Crippen LogP contribution in [-0.4, -0.2) is 29.1 Å². The summed E-state index contributed by atoms with van der Waals surface area (Å²) in [5.41, 5.74) is 6.30. The van der Waals surface area contributed by atoms with Gasteiger partial charge in [0.2, 0.25) is 0 Å². The number of hydrogen-bond donors (Lipinski definition) is 0.